The SMILES string of the molecule is CCCc1cc(CCC)c(OC)c(C=CC(=O)c2ccc(NC)cc2)c1O. The molecule has 0 bridgehead atoms. The standard InChI is InChI=1S/C23H29NO3/c1-5-7-17-15-18(8-6-2)23(27-4)20(22(17)26)13-14-21(25)16-9-11-19(24-3)12-10-16/h9-15,24,26H,5-8H2,1-4H3. The van der Waals surface area contributed by atoms with Gasteiger partial charge in [-0.1, -0.05) is 26.7 Å². The van der Waals surface area contributed by atoms with Crippen LogP contribution in [0.25, 0.3) is 6.08 Å². The van der Waals surface area contributed by atoms with Gasteiger partial charge in [-0.05, 0) is 66.5 Å². The van der Waals surface area contributed by atoms with Crippen LogP contribution in [0.15, 0.2) is 36.4 Å². The van der Waals surface area contributed by atoms with E-state index in [2.05, 4.69) is 19.2 Å². The molecule has 0 saturated heterocycles. The summed E-state index contributed by atoms with van der Waals surface area (Å²) in [6, 6.07) is 9.31. The van der Waals surface area contributed by atoms with Gasteiger partial charge < -0.3 is 15.2 Å². The van der Waals surface area contributed by atoms with Crippen LogP contribution < -0.4 is 10.1 Å². The first-order chi connectivity index (χ1) is 13.0. The van der Waals surface area contributed by atoms with Crippen LogP contribution in [0.2, 0.25) is 0 Å². The maximum absolute atomic E-state index is 12.5. The first kappa shape index (κ1) is 20.6. The second kappa shape index (κ2) is 9.81. The fourth-order valence-corrected chi connectivity index (χ4v) is 3.16. The molecule has 0 radical (unpaired) electrons. The van der Waals surface area contributed by atoms with Gasteiger partial charge in [0.15, 0.2) is 5.78 Å². The van der Waals surface area contributed by atoms with Gasteiger partial charge in [-0.2, -0.15) is 0 Å². The first-order valence-corrected chi connectivity index (χ1v) is 9.47. The maximum Gasteiger partial charge on any atom is 0.185 e. The number of rotatable bonds is 9. The number of allylic oxidation sites excluding steroid dienone is 1. The fraction of sp³-hybridized carbons (Fsp3) is 0.348. The number of aromatic hydroxyl groups is 1. The van der Waals surface area contributed by atoms with Crippen LogP contribution in [-0.4, -0.2) is 25.0 Å². The van der Waals surface area contributed by atoms with Gasteiger partial charge in [-0.15, -0.1) is 0 Å². The van der Waals surface area contributed by atoms with Gasteiger partial charge >= 0.3 is 0 Å². The molecule has 0 saturated carbocycles. The van der Waals surface area contributed by atoms with E-state index in [1.54, 1.807) is 25.3 Å². The van der Waals surface area contributed by atoms with E-state index in [1.165, 1.54) is 6.08 Å². The molecule has 2 N–H and O–H groups in total. The molecule has 0 aromatic heterocycles. The number of carbonyl (C=O) groups excluding carboxylic acids is 1. The van der Waals surface area contributed by atoms with Crippen molar-refractivity contribution in [2.75, 3.05) is 19.5 Å². The third kappa shape index (κ3) is 4.91. The average molecular weight is 367 g/mol. The number of carbonyl (C=O) groups is 1. The van der Waals surface area contributed by atoms with Gasteiger partial charge in [0.25, 0.3) is 0 Å². The Bertz CT molecular complexity index is 807. The van der Waals surface area contributed by atoms with Crippen molar-refractivity contribution in [2.45, 2.75) is 39.5 Å². The molecule has 0 fully saturated rings. The summed E-state index contributed by atoms with van der Waals surface area (Å²) in [6.07, 6.45) is 6.73. The van der Waals surface area contributed by atoms with Gasteiger partial charge in [0.05, 0.1) is 12.7 Å². The predicted octanol–water partition coefficient (Wildman–Crippen LogP) is 5.24. The van der Waals surface area contributed by atoms with Crippen LogP contribution in [0.1, 0.15) is 53.7 Å². The summed E-state index contributed by atoms with van der Waals surface area (Å²) in [5.74, 6) is 0.726. The second-order valence-corrected chi connectivity index (χ2v) is 6.52. The van der Waals surface area contributed by atoms with Crippen molar-refractivity contribution in [1.29, 1.82) is 0 Å². The zero-order chi connectivity index (χ0) is 19.8. The Hall–Kier alpha value is -2.75. The van der Waals surface area contributed by atoms with Crippen LogP contribution in [0.5, 0.6) is 11.5 Å². The zero-order valence-corrected chi connectivity index (χ0v) is 16.6. The Balaban J connectivity index is 2.42. The molecule has 0 spiro atoms. The van der Waals surface area contributed by atoms with Crippen LogP contribution >= 0.6 is 0 Å². The van der Waals surface area contributed by atoms with Gasteiger partial charge in [-0.25, -0.2) is 0 Å². The number of ketones is 1. The second-order valence-electron chi connectivity index (χ2n) is 6.52. The fourth-order valence-electron chi connectivity index (χ4n) is 3.16. The van der Waals surface area contributed by atoms with Crippen molar-refractivity contribution < 1.29 is 14.6 Å². The van der Waals surface area contributed by atoms with Crippen LogP contribution in [-0.2, 0) is 12.8 Å². The van der Waals surface area contributed by atoms with Crippen molar-refractivity contribution in [2.24, 2.45) is 0 Å². The molecular formula is C23H29NO3. The molecule has 0 unspecified atom stereocenters. The number of phenols is 1. The molecule has 0 atom stereocenters. The van der Waals surface area contributed by atoms with Crippen LogP contribution in [0.3, 0.4) is 0 Å². The molecule has 4 nitrogen and oxygen atoms in total. The largest absolute Gasteiger partial charge is 0.507 e. The number of hydrogen-bond donors (Lipinski definition) is 2. The van der Waals surface area contributed by atoms with E-state index in [-0.39, 0.29) is 11.5 Å². The topological polar surface area (TPSA) is 58.6 Å². The quantitative estimate of drug-likeness (QED) is 0.470. The van der Waals surface area contributed by atoms with Gasteiger partial charge in [-0.3, -0.25) is 4.79 Å². The molecule has 4 heteroatoms. The molecule has 0 amide bonds. The minimum Gasteiger partial charge on any atom is -0.507 e. The Morgan fingerprint density at radius 3 is 2.30 bits per heavy atom. The summed E-state index contributed by atoms with van der Waals surface area (Å²) >= 11 is 0. The van der Waals surface area contributed by atoms with Gasteiger partial charge in [0.1, 0.15) is 11.5 Å². The number of aryl methyl sites for hydroxylation is 2. The molecule has 0 aliphatic rings. The molecule has 2 aromatic carbocycles. The third-order valence-electron chi connectivity index (χ3n) is 4.55. The zero-order valence-electron chi connectivity index (χ0n) is 16.6. The predicted molar refractivity (Wildman–Crippen MR) is 112 cm³/mol. The normalized spacial score (nSPS) is 11.0. The van der Waals surface area contributed by atoms with E-state index >= 15 is 0 Å². The summed E-state index contributed by atoms with van der Waals surface area (Å²) < 4.78 is 5.58. The highest BCUT2D eigenvalue weighted by atomic mass is 16.5. The van der Waals surface area contributed by atoms with Gasteiger partial charge in [0.2, 0.25) is 0 Å². The molecule has 2 rings (SSSR count). The number of phenolic OH excluding ortho intramolecular Hbond substituents is 1. The Morgan fingerprint density at radius 1 is 1.11 bits per heavy atom. The summed E-state index contributed by atoms with van der Waals surface area (Å²) in [5.41, 5.74) is 4.08. The van der Waals surface area contributed by atoms with Crippen LogP contribution in [0, 0.1) is 0 Å². The molecular weight excluding hydrogens is 338 g/mol. The summed E-state index contributed by atoms with van der Waals surface area (Å²) in [4.78, 5) is 12.5. The van der Waals surface area contributed by atoms with Crippen molar-refractivity contribution in [3.63, 3.8) is 0 Å². The van der Waals surface area contributed by atoms with Crippen molar-refractivity contribution in [3.8, 4) is 11.5 Å². The Kier molecular flexibility index (Phi) is 7.47. The molecule has 0 aliphatic carbocycles. The number of benzene rings is 2. The Morgan fingerprint density at radius 2 is 1.74 bits per heavy atom. The number of ether oxygens (including phenoxy) is 1. The lowest BCUT2D eigenvalue weighted by Crippen LogP contribution is -2.00. The third-order valence-corrected chi connectivity index (χ3v) is 4.55. The lowest BCUT2D eigenvalue weighted by atomic mass is 9.96. The van der Waals surface area contributed by atoms with E-state index in [4.69, 9.17) is 4.74 Å². The summed E-state index contributed by atoms with van der Waals surface area (Å²) in [5, 5.41) is 13.8. The molecule has 0 heterocycles. The lowest BCUT2D eigenvalue weighted by molar-refractivity contribution is 0.104. The smallest absolute Gasteiger partial charge is 0.185 e. The number of anilines is 1. The van der Waals surface area contributed by atoms with E-state index < -0.39 is 0 Å². The van der Waals surface area contributed by atoms with Gasteiger partial charge in [0, 0.05) is 18.3 Å². The van der Waals surface area contributed by atoms with E-state index in [1.807, 2.05) is 25.2 Å². The van der Waals surface area contributed by atoms with E-state index in [0.717, 1.165) is 42.5 Å². The lowest BCUT2D eigenvalue weighted by Gasteiger charge is -2.16. The highest BCUT2D eigenvalue weighted by Crippen LogP contribution is 2.37. The monoisotopic (exact) mass is 367 g/mol. The average Bonchev–Trinajstić information content (AvgIpc) is 2.69. The highest BCUT2D eigenvalue weighted by Gasteiger charge is 2.16. The van der Waals surface area contributed by atoms with Crippen molar-refractivity contribution in [3.05, 3.63) is 58.7 Å². The maximum atomic E-state index is 12.5. The van der Waals surface area contributed by atoms with Crippen molar-refractivity contribution in [1.82, 2.24) is 0 Å². The molecule has 27 heavy (non-hydrogen) atoms. The first-order valence-electron chi connectivity index (χ1n) is 9.47. The Labute approximate surface area is 161 Å². The molecule has 0 aliphatic heterocycles. The minimum atomic E-state index is -0.114. The molecule has 2 aromatic rings. The van der Waals surface area contributed by atoms with E-state index in [0.29, 0.717) is 16.9 Å². The van der Waals surface area contributed by atoms with E-state index in [9.17, 15) is 9.90 Å². The highest BCUT2D eigenvalue weighted by molar-refractivity contribution is 6.07. The summed E-state index contributed by atoms with van der Waals surface area (Å²) in [6.45, 7) is 4.19. The summed E-state index contributed by atoms with van der Waals surface area (Å²) in [7, 11) is 3.44. The van der Waals surface area contributed by atoms with Crippen LogP contribution in [0.4, 0.5) is 5.69 Å². The number of methoxy groups -OCH3 is 1. The number of hydrogen-bond acceptors (Lipinski definition) is 4. The minimum absolute atomic E-state index is 0.114. The van der Waals surface area contributed by atoms with Crippen molar-refractivity contribution >= 4 is 17.5 Å². The molecule has 144 valence electrons. The number of nitrogens with one attached hydrogen (secondary N) is 1.